The topological polar surface area (TPSA) is 54.7 Å². The Morgan fingerprint density at radius 1 is 1.33 bits per heavy atom. The van der Waals surface area contributed by atoms with E-state index in [0.717, 1.165) is 20.2 Å². The van der Waals surface area contributed by atoms with Gasteiger partial charge in [0, 0.05) is 10.0 Å². The van der Waals surface area contributed by atoms with Gasteiger partial charge in [0.15, 0.2) is 5.82 Å². The van der Waals surface area contributed by atoms with Gasteiger partial charge in [-0.3, -0.25) is 5.10 Å². The van der Waals surface area contributed by atoms with Crippen molar-refractivity contribution in [1.29, 1.82) is 0 Å². The van der Waals surface area contributed by atoms with Crippen molar-refractivity contribution in [3.63, 3.8) is 0 Å². The highest BCUT2D eigenvalue weighted by atomic mass is 79.9. The molecule has 2 aromatic rings. The number of nitrogens with one attached hydrogen (secondary N) is 1. The fraction of sp³-hybridized carbons (Fsp3) is 0.100. The van der Waals surface area contributed by atoms with Gasteiger partial charge >= 0.3 is 0 Å². The Morgan fingerprint density at radius 3 is 2.67 bits per heavy atom. The van der Waals surface area contributed by atoms with E-state index in [1.165, 1.54) is 5.56 Å². The third-order valence-electron chi connectivity index (χ3n) is 2.20. The SMILES string of the molecule is Cc1ccc(Br)cc1-c1[nH]nc(N)c1Br. The van der Waals surface area contributed by atoms with Crippen molar-refractivity contribution in [2.45, 2.75) is 6.92 Å². The number of nitrogen functional groups attached to an aromatic ring is 1. The van der Waals surface area contributed by atoms with E-state index >= 15 is 0 Å². The summed E-state index contributed by atoms with van der Waals surface area (Å²) in [6.07, 6.45) is 0. The summed E-state index contributed by atoms with van der Waals surface area (Å²) in [5.74, 6) is 0.476. The lowest BCUT2D eigenvalue weighted by Crippen LogP contribution is -1.85. The molecule has 0 atom stereocenters. The molecule has 0 amide bonds. The first-order chi connectivity index (χ1) is 7.09. The largest absolute Gasteiger partial charge is 0.381 e. The average molecular weight is 331 g/mol. The molecule has 0 bridgehead atoms. The monoisotopic (exact) mass is 329 g/mol. The lowest BCUT2D eigenvalue weighted by Gasteiger charge is -2.04. The Bertz CT molecular complexity index is 505. The van der Waals surface area contributed by atoms with E-state index in [-0.39, 0.29) is 0 Å². The third kappa shape index (κ3) is 1.94. The summed E-state index contributed by atoms with van der Waals surface area (Å²) in [5, 5.41) is 6.87. The van der Waals surface area contributed by atoms with Gasteiger partial charge < -0.3 is 5.73 Å². The van der Waals surface area contributed by atoms with E-state index in [4.69, 9.17) is 5.73 Å². The molecule has 78 valence electrons. The van der Waals surface area contributed by atoms with Crippen LogP contribution in [0.3, 0.4) is 0 Å². The molecule has 0 aliphatic heterocycles. The zero-order valence-corrected chi connectivity index (χ0v) is 11.2. The lowest BCUT2D eigenvalue weighted by atomic mass is 10.1. The van der Waals surface area contributed by atoms with Gasteiger partial charge in [0.25, 0.3) is 0 Å². The fourth-order valence-electron chi connectivity index (χ4n) is 1.38. The van der Waals surface area contributed by atoms with Crippen LogP contribution in [0, 0.1) is 6.92 Å². The molecule has 2 rings (SSSR count). The minimum absolute atomic E-state index is 0.476. The minimum atomic E-state index is 0.476. The number of aryl methyl sites for hydroxylation is 1. The molecule has 5 heteroatoms. The Hall–Kier alpha value is -0.810. The molecule has 0 fully saturated rings. The van der Waals surface area contributed by atoms with Gasteiger partial charge in [0.1, 0.15) is 0 Å². The molecule has 0 radical (unpaired) electrons. The molecular weight excluding hydrogens is 322 g/mol. The molecule has 3 N–H and O–H groups in total. The van der Waals surface area contributed by atoms with Crippen LogP contribution in [0.5, 0.6) is 0 Å². The van der Waals surface area contributed by atoms with E-state index in [0.29, 0.717) is 5.82 Å². The van der Waals surface area contributed by atoms with Gasteiger partial charge in [-0.05, 0) is 40.5 Å². The Kier molecular flexibility index (Phi) is 2.84. The second kappa shape index (κ2) is 3.98. The number of aromatic nitrogens is 2. The van der Waals surface area contributed by atoms with Crippen LogP contribution in [0.4, 0.5) is 5.82 Å². The zero-order chi connectivity index (χ0) is 11.0. The van der Waals surface area contributed by atoms with E-state index in [1.807, 2.05) is 25.1 Å². The number of nitrogens with two attached hydrogens (primary N) is 1. The molecule has 0 spiro atoms. The standard InChI is InChI=1S/C10H9Br2N3/c1-5-2-3-6(11)4-7(5)9-8(12)10(13)15-14-9/h2-4H,1H3,(H3,13,14,15). The predicted octanol–water partition coefficient (Wildman–Crippen LogP) is 3.49. The van der Waals surface area contributed by atoms with Gasteiger partial charge in [-0.15, -0.1) is 0 Å². The van der Waals surface area contributed by atoms with Crippen molar-refractivity contribution in [2.24, 2.45) is 0 Å². The average Bonchev–Trinajstić information content (AvgIpc) is 2.52. The minimum Gasteiger partial charge on any atom is -0.381 e. The van der Waals surface area contributed by atoms with Gasteiger partial charge in [0.05, 0.1) is 10.2 Å². The smallest absolute Gasteiger partial charge is 0.160 e. The first kappa shape index (κ1) is 10.7. The Labute approximate surface area is 104 Å². The van der Waals surface area contributed by atoms with Crippen LogP contribution in [-0.4, -0.2) is 10.2 Å². The van der Waals surface area contributed by atoms with Crippen molar-refractivity contribution in [3.8, 4) is 11.3 Å². The number of aromatic amines is 1. The zero-order valence-electron chi connectivity index (χ0n) is 8.01. The Morgan fingerprint density at radius 2 is 2.07 bits per heavy atom. The molecular formula is C10H9Br2N3. The lowest BCUT2D eigenvalue weighted by molar-refractivity contribution is 1.10. The molecule has 1 aromatic carbocycles. The normalized spacial score (nSPS) is 10.6. The van der Waals surface area contributed by atoms with Crippen LogP contribution in [0.1, 0.15) is 5.56 Å². The van der Waals surface area contributed by atoms with Crippen molar-refractivity contribution < 1.29 is 0 Å². The number of hydrogen-bond donors (Lipinski definition) is 2. The summed E-state index contributed by atoms with van der Waals surface area (Å²) in [4.78, 5) is 0. The third-order valence-corrected chi connectivity index (χ3v) is 3.50. The van der Waals surface area contributed by atoms with E-state index in [2.05, 4.69) is 42.1 Å². The summed E-state index contributed by atoms with van der Waals surface area (Å²) in [7, 11) is 0. The molecule has 1 heterocycles. The molecule has 0 saturated heterocycles. The van der Waals surface area contributed by atoms with Crippen LogP contribution < -0.4 is 5.73 Å². The summed E-state index contributed by atoms with van der Waals surface area (Å²) < 4.78 is 1.84. The second-order valence-corrected chi connectivity index (χ2v) is 4.97. The maximum atomic E-state index is 5.67. The highest BCUT2D eigenvalue weighted by Crippen LogP contribution is 2.33. The van der Waals surface area contributed by atoms with E-state index in [1.54, 1.807) is 0 Å². The van der Waals surface area contributed by atoms with Crippen molar-refractivity contribution in [1.82, 2.24) is 10.2 Å². The van der Waals surface area contributed by atoms with E-state index < -0.39 is 0 Å². The number of halogens is 2. The summed E-state index contributed by atoms with van der Waals surface area (Å²) in [5.41, 5.74) is 8.83. The first-order valence-corrected chi connectivity index (χ1v) is 5.94. The van der Waals surface area contributed by atoms with Gasteiger partial charge in [-0.1, -0.05) is 22.0 Å². The van der Waals surface area contributed by atoms with Gasteiger partial charge in [-0.2, -0.15) is 5.10 Å². The highest BCUT2D eigenvalue weighted by molar-refractivity contribution is 9.11. The van der Waals surface area contributed by atoms with Gasteiger partial charge in [0.2, 0.25) is 0 Å². The van der Waals surface area contributed by atoms with Crippen LogP contribution in [0.15, 0.2) is 27.1 Å². The van der Waals surface area contributed by atoms with Crippen molar-refractivity contribution in [2.75, 3.05) is 5.73 Å². The number of anilines is 1. The molecule has 0 aliphatic rings. The Balaban J connectivity index is 2.63. The summed E-state index contributed by atoms with van der Waals surface area (Å²) in [6, 6.07) is 6.09. The number of rotatable bonds is 1. The quantitative estimate of drug-likeness (QED) is 0.840. The van der Waals surface area contributed by atoms with Crippen molar-refractivity contribution >= 4 is 37.7 Å². The number of benzene rings is 1. The fourth-order valence-corrected chi connectivity index (χ4v) is 2.14. The maximum absolute atomic E-state index is 5.67. The van der Waals surface area contributed by atoms with Crippen LogP contribution in [-0.2, 0) is 0 Å². The number of hydrogen-bond acceptors (Lipinski definition) is 2. The maximum Gasteiger partial charge on any atom is 0.160 e. The predicted molar refractivity (Wildman–Crippen MR) is 68.6 cm³/mol. The molecule has 0 unspecified atom stereocenters. The number of nitrogens with zero attached hydrogens (tertiary/aromatic N) is 1. The molecule has 3 nitrogen and oxygen atoms in total. The van der Waals surface area contributed by atoms with Crippen LogP contribution in [0.25, 0.3) is 11.3 Å². The molecule has 0 aliphatic carbocycles. The van der Waals surface area contributed by atoms with Gasteiger partial charge in [-0.25, -0.2) is 0 Å². The first-order valence-electron chi connectivity index (χ1n) is 4.35. The highest BCUT2D eigenvalue weighted by Gasteiger charge is 2.11. The number of H-pyrrole nitrogens is 1. The summed E-state index contributed by atoms with van der Waals surface area (Å²) in [6.45, 7) is 2.05. The van der Waals surface area contributed by atoms with Crippen LogP contribution in [0.2, 0.25) is 0 Å². The molecule has 0 saturated carbocycles. The van der Waals surface area contributed by atoms with Crippen LogP contribution >= 0.6 is 31.9 Å². The van der Waals surface area contributed by atoms with E-state index in [9.17, 15) is 0 Å². The second-order valence-electron chi connectivity index (χ2n) is 3.26. The summed E-state index contributed by atoms with van der Waals surface area (Å²) >= 11 is 6.86. The molecule has 1 aromatic heterocycles. The van der Waals surface area contributed by atoms with Crippen molar-refractivity contribution in [3.05, 3.63) is 32.7 Å². The molecule has 15 heavy (non-hydrogen) atoms.